The third-order valence-corrected chi connectivity index (χ3v) is 3.83. The van der Waals surface area contributed by atoms with Crippen molar-refractivity contribution in [1.82, 2.24) is 25.7 Å². The minimum Gasteiger partial charge on any atom is -0.374 e. The van der Waals surface area contributed by atoms with Gasteiger partial charge in [0, 0.05) is 18.4 Å². The molecule has 3 aromatic rings. The highest BCUT2D eigenvalue weighted by molar-refractivity contribution is 7.15. The molecular weight excluding hydrogens is 304 g/mol. The molecular formula is C13H12N6O2S. The van der Waals surface area contributed by atoms with Gasteiger partial charge in [0.05, 0.1) is 5.39 Å². The second-order valence-electron chi connectivity index (χ2n) is 4.49. The molecule has 9 heteroatoms. The number of nitrogens with two attached hydrogens (primary N) is 1. The topological polar surface area (TPSA) is 127 Å². The first-order chi connectivity index (χ1) is 10.6. The van der Waals surface area contributed by atoms with E-state index >= 15 is 0 Å². The van der Waals surface area contributed by atoms with Gasteiger partial charge in [-0.2, -0.15) is 5.10 Å². The second-order valence-corrected chi connectivity index (χ2v) is 5.58. The molecule has 0 saturated carbocycles. The van der Waals surface area contributed by atoms with Crippen molar-refractivity contribution in [3.05, 3.63) is 45.3 Å². The number of nitrogens with zero attached hydrogens (tertiary/aromatic N) is 3. The van der Waals surface area contributed by atoms with Crippen molar-refractivity contribution in [2.24, 2.45) is 0 Å². The Balaban J connectivity index is 1.75. The van der Waals surface area contributed by atoms with Crippen LogP contribution in [0.15, 0.2) is 29.1 Å². The van der Waals surface area contributed by atoms with Gasteiger partial charge in [-0.3, -0.25) is 9.59 Å². The molecule has 0 radical (unpaired) electrons. The van der Waals surface area contributed by atoms with E-state index in [1.165, 1.54) is 11.3 Å². The quantitative estimate of drug-likeness (QED) is 0.636. The minimum atomic E-state index is -0.357. The van der Waals surface area contributed by atoms with Crippen molar-refractivity contribution in [3.8, 4) is 0 Å². The van der Waals surface area contributed by atoms with Crippen molar-refractivity contribution in [2.45, 2.75) is 6.42 Å². The summed E-state index contributed by atoms with van der Waals surface area (Å²) >= 11 is 1.28. The molecule has 112 valence electrons. The molecule has 22 heavy (non-hydrogen) atoms. The molecule has 3 rings (SSSR count). The third kappa shape index (κ3) is 2.79. The van der Waals surface area contributed by atoms with E-state index < -0.39 is 0 Å². The Labute approximate surface area is 128 Å². The maximum absolute atomic E-state index is 12.2. The fourth-order valence-corrected chi connectivity index (χ4v) is 2.63. The number of aromatic amines is 1. The van der Waals surface area contributed by atoms with E-state index in [9.17, 15) is 9.59 Å². The van der Waals surface area contributed by atoms with Gasteiger partial charge in [0.15, 0.2) is 5.69 Å². The Morgan fingerprint density at radius 3 is 2.77 bits per heavy atom. The van der Waals surface area contributed by atoms with Crippen LogP contribution in [0.5, 0.6) is 0 Å². The summed E-state index contributed by atoms with van der Waals surface area (Å²) in [6.07, 6.45) is 0.530. The summed E-state index contributed by atoms with van der Waals surface area (Å²) in [5, 5.41) is 18.6. The Hall–Kier alpha value is -2.81. The Kier molecular flexibility index (Phi) is 3.79. The maximum Gasteiger partial charge on any atom is 0.272 e. The summed E-state index contributed by atoms with van der Waals surface area (Å²) in [4.78, 5) is 23.9. The summed E-state index contributed by atoms with van der Waals surface area (Å²) in [5.41, 5.74) is 5.36. The van der Waals surface area contributed by atoms with Gasteiger partial charge in [0.25, 0.3) is 11.5 Å². The van der Waals surface area contributed by atoms with E-state index in [1.807, 2.05) is 0 Å². The van der Waals surface area contributed by atoms with E-state index in [0.717, 1.165) is 5.01 Å². The molecule has 2 heterocycles. The number of aromatic nitrogens is 4. The number of fused-ring (bicyclic) bond motifs is 1. The molecule has 1 amide bonds. The van der Waals surface area contributed by atoms with Gasteiger partial charge in [0.1, 0.15) is 5.01 Å². The molecule has 0 aliphatic carbocycles. The normalized spacial score (nSPS) is 10.7. The molecule has 8 nitrogen and oxygen atoms in total. The van der Waals surface area contributed by atoms with Crippen LogP contribution >= 0.6 is 11.3 Å². The smallest absolute Gasteiger partial charge is 0.272 e. The first kappa shape index (κ1) is 14.1. The number of amides is 1. The SMILES string of the molecule is Nc1nnc(CCNC(=O)c2n[nH]c(=O)c3ccccc23)s1. The van der Waals surface area contributed by atoms with Crippen LogP contribution in [-0.4, -0.2) is 32.8 Å². The van der Waals surface area contributed by atoms with Crippen LogP contribution < -0.4 is 16.6 Å². The largest absolute Gasteiger partial charge is 0.374 e. The van der Waals surface area contributed by atoms with Crippen LogP contribution in [0.1, 0.15) is 15.5 Å². The zero-order valence-electron chi connectivity index (χ0n) is 11.4. The van der Waals surface area contributed by atoms with Gasteiger partial charge in [-0.15, -0.1) is 10.2 Å². The molecule has 4 N–H and O–H groups in total. The van der Waals surface area contributed by atoms with Crippen LogP contribution in [-0.2, 0) is 6.42 Å². The first-order valence-electron chi connectivity index (χ1n) is 6.48. The number of carbonyl (C=O) groups excluding carboxylic acids is 1. The van der Waals surface area contributed by atoms with Crippen LogP contribution in [0.3, 0.4) is 0 Å². The predicted molar refractivity (Wildman–Crippen MR) is 82.7 cm³/mol. The molecule has 0 bridgehead atoms. The molecule has 0 fully saturated rings. The number of nitrogen functional groups attached to an aromatic ring is 1. The van der Waals surface area contributed by atoms with E-state index in [2.05, 4.69) is 25.7 Å². The number of H-pyrrole nitrogens is 1. The fourth-order valence-electron chi connectivity index (χ4n) is 2.02. The van der Waals surface area contributed by atoms with Crippen LogP contribution in [0.25, 0.3) is 10.8 Å². The third-order valence-electron chi connectivity index (χ3n) is 3.02. The Morgan fingerprint density at radius 1 is 1.27 bits per heavy atom. The lowest BCUT2D eigenvalue weighted by Gasteiger charge is -2.05. The van der Waals surface area contributed by atoms with Gasteiger partial charge in [-0.1, -0.05) is 29.5 Å². The highest BCUT2D eigenvalue weighted by Gasteiger charge is 2.13. The maximum atomic E-state index is 12.2. The summed E-state index contributed by atoms with van der Waals surface area (Å²) in [6.45, 7) is 0.378. The number of carbonyl (C=O) groups is 1. The van der Waals surface area contributed by atoms with E-state index in [0.29, 0.717) is 28.9 Å². The average molecular weight is 316 g/mol. The number of benzene rings is 1. The van der Waals surface area contributed by atoms with Crippen LogP contribution in [0.2, 0.25) is 0 Å². The van der Waals surface area contributed by atoms with Crippen molar-refractivity contribution in [1.29, 1.82) is 0 Å². The summed E-state index contributed by atoms with van der Waals surface area (Å²) in [7, 11) is 0. The monoisotopic (exact) mass is 316 g/mol. The number of anilines is 1. The molecule has 1 aromatic carbocycles. The lowest BCUT2D eigenvalue weighted by Crippen LogP contribution is -2.28. The number of rotatable bonds is 4. The van der Waals surface area contributed by atoms with Crippen molar-refractivity contribution < 1.29 is 4.79 Å². The molecule has 0 atom stereocenters. The fraction of sp³-hybridized carbons (Fsp3) is 0.154. The van der Waals surface area contributed by atoms with E-state index in [-0.39, 0.29) is 17.2 Å². The van der Waals surface area contributed by atoms with Crippen molar-refractivity contribution in [3.63, 3.8) is 0 Å². The zero-order valence-corrected chi connectivity index (χ0v) is 12.2. The molecule has 0 aliphatic rings. The standard InChI is InChI=1S/C13H12N6O2S/c14-13-19-16-9(22-13)5-6-15-12(21)10-7-3-1-2-4-8(7)11(20)18-17-10/h1-4H,5-6H2,(H2,14,19)(H,15,21)(H,18,20). The molecule has 0 spiro atoms. The lowest BCUT2D eigenvalue weighted by molar-refractivity contribution is 0.0950. The highest BCUT2D eigenvalue weighted by atomic mass is 32.1. The van der Waals surface area contributed by atoms with Gasteiger partial charge in [-0.25, -0.2) is 5.10 Å². The number of nitrogens with one attached hydrogen (secondary N) is 2. The summed E-state index contributed by atoms with van der Waals surface area (Å²) in [6, 6.07) is 6.83. The number of hydrogen-bond acceptors (Lipinski definition) is 7. The Bertz CT molecular complexity index is 887. The molecule has 0 aliphatic heterocycles. The van der Waals surface area contributed by atoms with Gasteiger partial charge in [0.2, 0.25) is 5.13 Å². The number of hydrogen-bond donors (Lipinski definition) is 3. The summed E-state index contributed by atoms with van der Waals surface area (Å²) in [5.74, 6) is -0.357. The molecule has 2 aromatic heterocycles. The molecule has 0 unspecified atom stereocenters. The summed E-state index contributed by atoms with van der Waals surface area (Å²) < 4.78 is 0. The van der Waals surface area contributed by atoms with E-state index in [4.69, 9.17) is 5.73 Å². The van der Waals surface area contributed by atoms with Crippen molar-refractivity contribution >= 4 is 33.1 Å². The van der Waals surface area contributed by atoms with Crippen LogP contribution in [0.4, 0.5) is 5.13 Å². The van der Waals surface area contributed by atoms with Gasteiger partial charge in [-0.05, 0) is 6.07 Å². The minimum absolute atomic E-state index is 0.187. The first-order valence-corrected chi connectivity index (χ1v) is 7.30. The lowest BCUT2D eigenvalue weighted by atomic mass is 10.1. The van der Waals surface area contributed by atoms with Gasteiger partial charge < -0.3 is 11.1 Å². The van der Waals surface area contributed by atoms with Crippen molar-refractivity contribution in [2.75, 3.05) is 12.3 Å². The second kappa shape index (κ2) is 5.90. The van der Waals surface area contributed by atoms with Gasteiger partial charge >= 0.3 is 0 Å². The van der Waals surface area contributed by atoms with E-state index in [1.54, 1.807) is 24.3 Å². The highest BCUT2D eigenvalue weighted by Crippen LogP contribution is 2.13. The Morgan fingerprint density at radius 2 is 2.05 bits per heavy atom. The average Bonchev–Trinajstić information content (AvgIpc) is 2.93. The predicted octanol–water partition coefficient (Wildman–Crippen LogP) is 0.329. The molecule has 0 saturated heterocycles. The van der Waals surface area contributed by atoms with Crippen LogP contribution in [0, 0.1) is 0 Å². The zero-order chi connectivity index (χ0) is 15.5.